The maximum absolute atomic E-state index is 12.6. The fraction of sp³-hybridized carbons (Fsp3) is 0.286. The standard InChI is InChI=1S/C21H21BrN2O4/c1-2-11-28-21(27)14-3-7-17(8-4-14)23-20(26)15-12-19(25)24(13-15)18-9-5-16(22)6-10-18/h3-10,15H,2,11-13H2,1H3,(H,23,26)/t15-/m1/s1. The van der Waals surface area contributed by atoms with Crippen LogP contribution in [-0.4, -0.2) is 30.9 Å². The molecule has 2 aromatic carbocycles. The van der Waals surface area contributed by atoms with E-state index in [-0.39, 0.29) is 24.2 Å². The van der Waals surface area contributed by atoms with Crippen LogP contribution in [0.3, 0.4) is 0 Å². The average molecular weight is 445 g/mol. The van der Waals surface area contributed by atoms with Crippen LogP contribution < -0.4 is 10.2 Å². The Hall–Kier alpha value is -2.67. The molecule has 1 saturated heterocycles. The molecule has 2 amide bonds. The summed E-state index contributed by atoms with van der Waals surface area (Å²) < 4.78 is 6.01. The number of carbonyl (C=O) groups is 3. The highest BCUT2D eigenvalue weighted by Crippen LogP contribution is 2.27. The van der Waals surface area contributed by atoms with Gasteiger partial charge in [-0.25, -0.2) is 4.79 Å². The van der Waals surface area contributed by atoms with E-state index in [0.717, 1.165) is 16.6 Å². The van der Waals surface area contributed by atoms with Crippen LogP contribution in [0.15, 0.2) is 53.0 Å². The number of carbonyl (C=O) groups excluding carboxylic acids is 3. The van der Waals surface area contributed by atoms with Crippen molar-refractivity contribution in [3.05, 3.63) is 58.6 Å². The summed E-state index contributed by atoms with van der Waals surface area (Å²) in [6, 6.07) is 14.0. The monoisotopic (exact) mass is 444 g/mol. The van der Waals surface area contributed by atoms with Crippen molar-refractivity contribution in [1.29, 1.82) is 0 Å². The van der Waals surface area contributed by atoms with Crippen LogP contribution in [0.5, 0.6) is 0 Å². The summed E-state index contributed by atoms with van der Waals surface area (Å²) >= 11 is 3.37. The predicted molar refractivity (Wildman–Crippen MR) is 110 cm³/mol. The molecule has 3 rings (SSSR count). The van der Waals surface area contributed by atoms with Gasteiger partial charge in [-0.15, -0.1) is 0 Å². The van der Waals surface area contributed by atoms with Gasteiger partial charge >= 0.3 is 5.97 Å². The molecule has 1 aliphatic rings. The van der Waals surface area contributed by atoms with E-state index in [4.69, 9.17) is 4.74 Å². The second-order valence-electron chi connectivity index (χ2n) is 6.58. The number of amides is 2. The van der Waals surface area contributed by atoms with Gasteiger partial charge in [0.05, 0.1) is 18.1 Å². The summed E-state index contributed by atoms with van der Waals surface area (Å²) in [6.07, 6.45) is 0.931. The molecule has 1 aliphatic heterocycles. The number of esters is 1. The Morgan fingerprint density at radius 1 is 1.14 bits per heavy atom. The third-order valence-corrected chi connectivity index (χ3v) is 4.99. The molecular formula is C21H21BrN2O4. The maximum Gasteiger partial charge on any atom is 0.338 e. The van der Waals surface area contributed by atoms with Gasteiger partial charge in [-0.05, 0) is 55.0 Å². The zero-order valence-electron chi connectivity index (χ0n) is 15.5. The molecule has 6 nitrogen and oxygen atoms in total. The highest BCUT2D eigenvalue weighted by atomic mass is 79.9. The Bertz CT molecular complexity index is 865. The third kappa shape index (κ3) is 4.78. The summed E-state index contributed by atoms with van der Waals surface area (Å²) in [6.45, 7) is 2.65. The minimum Gasteiger partial charge on any atom is -0.462 e. The van der Waals surface area contributed by atoms with Crippen LogP contribution in [0.1, 0.15) is 30.1 Å². The number of hydrogen-bond donors (Lipinski definition) is 1. The first-order valence-electron chi connectivity index (χ1n) is 9.12. The summed E-state index contributed by atoms with van der Waals surface area (Å²) in [4.78, 5) is 38.3. The molecule has 0 saturated carbocycles. The number of nitrogens with zero attached hydrogens (tertiary/aromatic N) is 1. The zero-order chi connectivity index (χ0) is 20.1. The first-order valence-corrected chi connectivity index (χ1v) is 9.91. The minimum atomic E-state index is -0.426. The van der Waals surface area contributed by atoms with Gasteiger partial charge in [0.2, 0.25) is 11.8 Å². The molecule has 0 bridgehead atoms. The van der Waals surface area contributed by atoms with Crippen molar-refractivity contribution < 1.29 is 19.1 Å². The van der Waals surface area contributed by atoms with E-state index < -0.39 is 5.92 Å². The highest BCUT2D eigenvalue weighted by Gasteiger charge is 2.35. The number of ether oxygens (including phenoxy) is 1. The number of anilines is 2. The molecule has 0 aromatic heterocycles. The minimum absolute atomic E-state index is 0.0727. The Morgan fingerprint density at radius 2 is 1.82 bits per heavy atom. The normalized spacial score (nSPS) is 16.1. The number of hydrogen-bond acceptors (Lipinski definition) is 4. The van der Waals surface area contributed by atoms with Crippen LogP contribution in [0.25, 0.3) is 0 Å². The predicted octanol–water partition coefficient (Wildman–Crippen LogP) is 4.01. The van der Waals surface area contributed by atoms with Crippen molar-refractivity contribution in [2.45, 2.75) is 19.8 Å². The summed E-state index contributed by atoms with van der Waals surface area (Å²) in [7, 11) is 0. The lowest BCUT2D eigenvalue weighted by Crippen LogP contribution is -2.28. The molecule has 0 radical (unpaired) electrons. The van der Waals surface area contributed by atoms with Crippen LogP contribution in [0.2, 0.25) is 0 Å². The first-order chi connectivity index (χ1) is 13.5. The summed E-state index contributed by atoms with van der Waals surface area (Å²) in [5.74, 6) is -1.10. The Morgan fingerprint density at radius 3 is 2.46 bits per heavy atom. The SMILES string of the molecule is CCCOC(=O)c1ccc(NC(=O)[C@@H]2CC(=O)N(c3ccc(Br)cc3)C2)cc1. The molecule has 1 atom stereocenters. The van der Waals surface area contributed by atoms with Gasteiger partial charge in [-0.3, -0.25) is 9.59 Å². The fourth-order valence-corrected chi connectivity index (χ4v) is 3.23. The van der Waals surface area contributed by atoms with Gasteiger partial charge in [0.25, 0.3) is 0 Å². The molecule has 0 aliphatic carbocycles. The van der Waals surface area contributed by atoms with E-state index >= 15 is 0 Å². The third-order valence-electron chi connectivity index (χ3n) is 4.46. The molecule has 28 heavy (non-hydrogen) atoms. The van der Waals surface area contributed by atoms with Crippen LogP contribution in [-0.2, 0) is 14.3 Å². The van der Waals surface area contributed by atoms with Crippen LogP contribution in [0, 0.1) is 5.92 Å². The molecule has 2 aromatic rings. The van der Waals surface area contributed by atoms with Crippen LogP contribution >= 0.6 is 15.9 Å². The Balaban J connectivity index is 1.60. The van der Waals surface area contributed by atoms with Crippen molar-refractivity contribution in [3.63, 3.8) is 0 Å². The first kappa shape index (κ1) is 20.1. The molecule has 0 unspecified atom stereocenters. The fourth-order valence-electron chi connectivity index (χ4n) is 2.97. The highest BCUT2D eigenvalue weighted by molar-refractivity contribution is 9.10. The lowest BCUT2D eigenvalue weighted by molar-refractivity contribution is -0.122. The second kappa shape index (κ2) is 9.01. The van der Waals surface area contributed by atoms with Gasteiger partial charge in [-0.1, -0.05) is 22.9 Å². The van der Waals surface area contributed by atoms with Gasteiger partial charge in [0.1, 0.15) is 0 Å². The van der Waals surface area contributed by atoms with Gasteiger partial charge < -0.3 is 15.0 Å². The zero-order valence-corrected chi connectivity index (χ0v) is 17.1. The molecule has 1 heterocycles. The summed E-state index contributed by atoms with van der Waals surface area (Å²) in [5.41, 5.74) is 1.79. The largest absolute Gasteiger partial charge is 0.462 e. The topological polar surface area (TPSA) is 75.7 Å². The lowest BCUT2D eigenvalue weighted by atomic mass is 10.1. The number of nitrogens with one attached hydrogen (secondary N) is 1. The van der Waals surface area contributed by atoms with Crippen molar-refractivity contribution in [2.75, 3.05) is 23.4 Å². The van der Waals surface area contributed by atoms with Crippen molar-refractivity contribution >= 4 is 45.1 Å². The average Bonchev–Trinajstić information content (AvgIpc) is 3.09. The number of rotatable bonds is 6. The molecular weight excluding hydrogens is 424 g/mol. The van der Waals surface area contributed by atoms with Gasteiger partial charge in [0.15, 0.2) is 0 Å². The van der Waals surface area contributed by atoms with Crippen molar-refractivity contribution in [2.24, 2.45) is 5.92 Å². The van der Waals surface area contributed by atoms with Crippen molar-refractivity contribution in [3.8, 4) is 0 Å². The molecule has 146 valence electrons. The molecule has 0 spiro atoms. The van der Waals surface area contributed by atoms with Crippen molar-refractivity contribution in [1.82, 2.24) is 0 Å². The smallest absolute Gasteiger partial charge is 0.338 e. The van der Waals surface area contributed by atoms with Gasteiger partial charge in [0, 0.05) is 28.8 Å². The quantitative estimate of drug-likeness (QED) is 0.682. The van der Waals surface area contributed by atoms with E-state index in [1.807, 2.05) is 31.2 Å². The van der Waals surface area contributed by atoms with Crippen LogP contribution in [0.4, 0.5) is 11.4 Å². The van der Waals surface area contributed by atoms with E-state index in [9.17, 15) is 14.4 Å². The van der Waals surface area contributed by atoms with E-state index in [2.05, 4.69) is 21.2 Å². The lowest BCUT2D eigenvalue weighted by Gasteiger charge is -2.17. The number of benzene rings is 2. The van der Waals surface area contributed by atoms with Gasteiger partial charge in [-0.2, -0.15) is 0 Å². The second-order valence-corrected chi connectivity index (χ2v) is 7.50. The molecule has 7 heteroatoms. The maximum atomic E-state index is 12.6. The Labute approximate surface area is 172 Å². The molecule has 1 fully saturated rings. The van der Waals surface area contributed by atoms with E-state index in [1.165, 1.54) is 0 Å². The summed E-state index contributed by atoms with van der Waals surface area (Å²) in [5, 5.41) is 2.82. The van der Waals surface area contributed by atoms with E-state index in [0.29, 0.717) is 24.4 Å². The number of halogens is 1. The molecule has 1 N–H and O–H groups in total. The Kier molecular flexibility index (Phi) is 6.46. The van der Waals surface area contributed by atoms with E-state index in [1.54, 1.807) is 29.2 Å².